The molecule has 0 N–H and O–H groups in total. The molecule has 21 heavy (non-hydrogen) atoms. The Morgan fingerprint density at radius 3 is 1.14 bits per heavy atom. The van der Waals surface area contributed by atoms with Gasteiger partial charge in [-0.25, -0.2) is 0 Å². The van der Waals surface area contributed by atoms with Crippen LogP contribution in [0.5, 0.6) is 0 Å². The Balaban J connectivity index is 1.94. The van der Waals surface area contributed by atoms with E-state index in [0.717, 1.165) is 0 Å². The van der Waals surface area contributed by atoms with Gasteiger partial charge in [-0.3, -0.25) is 0 Å². The van der Waals surface area contributed by atoms with Crippen molar-refractivity contribution in [3.8, 4) is 0 Å². The van der Waals surface area contributed by atoms with Crippen molar-refractivity contribution in [2.45, 2.75) is 64.9 Å². The molecule has 0 radical (unpaired) electrons. The van der Waals surface area contributed by atoms with E-state index in [1.165, 1.54) is 77.8 Å². The normalized spacial score (nSPS) is 27.8. The molecule has 3 aliphatic rings. The van der Waals surface area contributed by atoms with Gasteiger partial charge in [0.15, 0.2) is 0 Å². The van der Waals surface area contributed by atoms with E-state index in [1.807, 2.05) is 0 Å². The second-order valence-electron chi connectivity index (χ2n) is 7.87. The van der Waals surface area contributed by atoms with Crippen LogP contribution < -0.4 is 0 Å². The molecular weight excluding hydrogens is 281 g/mol. The molecule has 0 unspecified atom stereocenters. The van der Waals surface area contributed by atoms with Gasteiger partial charge in [0.1, 0.15) is 0 Å². The first-order valence-corrected chi connectivity index (χ1v) is 10.7. The van der Waals surface area contributed by atoms with E-state index in [4.69, 9.17) is 4.52 Å². The first kappa shape index (κ1) is 16.1. The van der Waals surface area contributed by atoms with Crippen molar-refractivity contribution in [2.24, 2.45) is 0 Å². The summed E-state index contributed by atoms with van der Waals surface area (Å²) in [5.41, 5.74) is -0.0556. The molecule has 0 amide bonds. The number of hydrogen-bond donors (Lipinski definition) is 0. The molecule has 0 aromatic heterocycles. The van der Waals surface area contributed by atoms with Crippen LogP contribution in [0.4, 0.5) is 0 Å². The molecule has 0 aromatic rings. The predicted octanol–water partition coefficient (Wildman–Crippen LogP) is 3.50. The Labute approximate surface area is 131 Å². The number of nitrogens with zero attached hydrogens (tertiary/aromatic N) is 3. The summed E-state index contributed by atoms with van der Waals surface area (Å²) in [5, 5.41) is 0. The Kier molecular flexibility index (Phi) is 4.93. The van der Waals surface area contributed by atoms with Crippen molar-refractivity contribution in [1.29, 1.82) is 0 Å². The van der Waals surface area contributed by atoms with Gasteiger partial charge in [-0.2, -0.15) is 0 Å². The first-order chi connectivity index (χ1) is 10.0. The third-order valence-electron chi connectivity index (χ3n) is 5.00. The molecule has 3 heterocycles. The monoisotopic (exact) mass is 315 g/mol. The van der Waals surface area contributed by atoms with Gasteiger partial charge in [-0.05, 0) is 0 Å². The minimum atomic E-state index is -2.13. The zero-order valence-electron chi connectivity index (χ0n) is 14.2. The van der Waals surface area contributed by atoms with Crippen molar-refractivity contribution in [3.05, 3.63) is 0 Å². The molecule has 0 atom stereocenters. The Morgan fingerprint density at radius 2 is 0.905 bits per heavy atom. The SMILES string of the molecule is CC(C)(C)O[PH](N1CCCC1)(N1CCCC1)N1CCCC1. The summed E-state index contributed by atoms with van der Waals surface area (Å²) in [5.74, 6) is 0. The van der Waals surface area contributed by atoms with E-state index >= 15 is 0 Å². The maximum atomic E-state index is 6.99. The topological polar surface area (TPSA) is 19.0 Å². The molecule has 3 rings (SSSR count). The first-order valence-electron chi connectivity index (χ1n) is 8.98. The fourth-order valence-electron chi connectivity index (χ4n) is 4.23. The molecule has 5 heteroatoms. The van der Waals surface area contributed by atoms with Gasteiger partial charge < -0.3 is 0 Å². The van der Waals surface area contributed by atoms with Crippen molar-refractivity contribution in [3.63, 3.8) is 0 Å². The fraction of sp³-hybridized carbons (Fsp3) is 1.00. The molecule has 3 saturated heterocycles. The van der Waals surface area contributed by atoms with Gasteiger partial charge in [0.2, 0.25) is 0 Å². The van der Waals surface area contributed by atoms with Gasteiger partial charge in [-0.15, -0.1) is 0 Å². The third-order valence-corrected chi connectivity index (χ3v) is 9.70. The Bertz CT molecular complexity index is 299. The standard InChI is InChI=1S/C16H34N3OP/c1-16(2,3)20-21(17-10-4-5-11-17,18-12-6-7-13-18)19-14-8-9-15-19/h21H,4-15H2,1-3H3. The second kappa shape index (κ2) is 6.41. The number of hydrogen-bond acceptors (Lipinski definition) is 4. The molecule has 0 aromatic carbocycles. The summed E-state index contributed by atoms with van der Waals surface area (Å²) >= 11 is 0. The van der Waals surface area contributed by atoms with E-state index in [-0.39, 0.29) is 5.60 Å². The van der Waals surface area contributed by atoms with Gasteiger partial charge in [0, 0.05) is 0 Å². The zero-order valence-corrected chi connectivity index (χ0v) is 15.2. The summed E-state index contributed by atoms with van der Waals surface area (Å²) in [4.78, 5) is 0. The molecule has 3 fully saturated rings. The maximum absolute atomic E-state index is 6.99. The van der Waals surface area contributed by atoms with E-state index in [1.54, 1.807) is 0 Å². The Hall–Kier alpha value is 0.270. The van der Waals surface area contributed by atoms with Crippen molar-refractivity contribution >= 4 is 7.94 Å². The van der Waals surface area contributed by atoms with Crippen molar-refractivity contribution < 1.29 is 4.52 Å². The molecule has 0 aliphatic carbocycles. The average molecular weight is 315 g/mol. The van der Waals surface area contributed by atoms with Crippen LogP contribution in [0.1, 0.15) is 59.3 Å². The predicted molar refractivity (Wildman–Crippen MR) is 91.6 cm³/mol. The Morgan fingerprint density at radius 1 is 0.619 bits per heavy atom. The molecule has 0 saturated carbocycles. The fourth-order valence-corrected chi connectivity index (χ4v) is 9.33. The minimum absolute atomic E-state index is 0.0556. The summed E-state index contributed by atoms with van der Waals surface area (Å²) in [6, 6.07) is 0. The van der Waals surface area contributed by atoms with Gasteiger partial charge >= 0.3 is 131 Å². The van der Waals surface area contributed by atoms with Crippen LogP contribution in [0, 0.1) is 0 Å². The molecular formula is C16H34N3OP. The average Bonchev–Trinajstić information content (AvgIpc) is 3.15. The van der Waals surface area contributed by atoms with E-state index in [0.29, 0.717) is 0 Å². The van der Waals surface area contributed by atoms with Crippen LogP contribution in [0.2, 0.25) is 0 Å². The second-order valence-corrected chi connectivity index (χ2v) is 11.1. The molecule has 4 nitrogen and oxygen atoms in total. The number of rotatable bonds is 4. The summed E-state index contributed by atoms with van der Waals surface area (Å²) in [7, 11) is -2.13. The van der Waals surface area contributed by atoms with E-state index in [9.17, 15) is 0 Å². The molecule has 0 spiro atoms. The van der Waals surface area contributed by atoms with Gasteiger partial charge in [0.05, 0.1) is 0 Å². The van der Waals surface area contributed by atoms with Crippen LogP contribution in [-0.4, -0.2) is 58.9 Å². The molecule has 0 bridgehead atoms. The summed E-state index contributed by atoms with van der Waals surface area (Å²) in [6.45, 7) is 14.2. The van der Waals surface area contributed by atoms with Crippen LogP contribution in [0.15, 0.2) is 0 Å². The van der Waals surface area contributed by atoms with Crippen LogP contribution in [0.3, 0.4) is 0 Å². The van der Waals surface area contributed by atoms with Crippen molar-refractivity contribution in [2.75, 3.05) is 39.3 Å². The van der Waals surface area contributed by atoms with Crippen molar-refractivity contribution in [1.82, 2.24) is 14.0 Å². The summed E-state index contributed by atoms with van der Waals surface area (Å²) < 4.78 is 15.3. The van der Waals surface area contributed by atoms with Gasteiger partial charge in [0.25, 0.3) is 0 Å². The molecule has 3 aliphatic heterocycles. The third kappa shape index (κ3) is 3.30. The van der Waals surface area contributed by atoms with Crippen LogP contribution in [0.25, 0.3) is 0 Å². The quantitative estimate of drug-likeness (QED) is 0.739. The zero-order chi connectivity index (χ0) is 14.9. The van der Waals surface area contributed by atoms with Crippen LogP contribution in [-0.2, 0) is 4.52 Å². The van der Waals surface area contributed by atoms with Crippen LogP contribution >= 0.6 is 7.94 Å². The van der Waals surface area contributed by atoms with E-state index in [2.05, 4.69) is 34.8 Å². The molecule has 124 valence electrons. The summed E-state index contributed by atoms with van der Waals surface area (Å²) in [6.07, 6.45) is 8.11. The van der Waals surface area contributed by atoms with E-state index < -0.39 is 7.94 Å². The van der Waals surface area contributed by atoms with Gasteiger partial charge in [-0.1, -0.05) is 0 Å².